The van der Waals surface area contributed by atoms with Crippen molar-refractivity contribution in [3.05, 3.63) is 102 Å². The molecule has 2 N–H and O–H groups in total. The molecule has 1 atom stereocenters. The van der Waals surface area contributed by atoms with Crippen LogP contribution in [0.25, 0.3) is 32.8 Å². The maximum absolute atomic E-state index is 13.8. The molecule has 4 aromatic carbocycles. The Kier molecular flexibility index (Phi) is 12.5. The van der Waals surface area contributed by atoms with Gasteiger partial charge in [-0.15, -0.1) is 0 Å². The highest BCUT2D eigenvalue weighted by Gasteiger charge is 2.28. The van der Waals surface area contributed by atoms with Crippen molar-refractivity contribution in [1.29, 1.82) is 0 Å². The number of carbonyl (C=O) groups excluding carboxylic acids is 3. The molecule has 0 aliphatic heterocycles. The summed E-state index contributed by atoms with van der Waals surface area (Å²) in [7, 11) is 2.98. The van der Waals surface area contributed by atoms with Gasteiger partial charge in [0, 0.05) is 48.1 Å². The van der Waals surface area contributed by atoms with E-state index in [9.17, 15) is 14.4 Å². The fourth-order valence-electron chi connectivity index (χ4n) is 7.27. The number of esters is 1. The van der Waals surface area contributed by atoms with E-state index in [0.717, 1.165) is 47.8 Å². The van der Waals surface area contributed by atoms with Crippen molar-refractivity contribution in [2.75, 3.05) is 27.4 Å². The van der Waals surface area contributed by atoms with Gasteiger partial charge < -0.3 is 29.6 Å². The largest absolute Gasteiger partial charge is 0.497 e. The van der Waals surface area contributed by atoms with Crippen molar-refractivity contribution >= 4 is 39.6 Å². The third kappa shape index (κ3) is 10.3. The molecule has 55 heavy (non-hydrogen) atoms. The highest BCUT2D eigenvalue weighted by Crippen LogP contribution is 2.36. The molecule has 1 heterocycles. The quantitative estimate of drug-likeness (QED) is 0.115. The van der Waals surface area contributed by atoms with E-state index < -0.39 is 17.7 Å². The Morgan fingerprint density at radius 3 is 2.40 bits per heavy atom. The van der Waals surface area contributed by atoms with Crippen LogP contribution < -0.4 is 20.1 Å². The molecule has 0 bridgehead atoms. The molecule has 288 valence electrons. The number of methoxy groups -OCH3 is 2. The summed E-state index contributed by atoms with van der Waals surface area (Å²) >= 11 is 0. The second kappa shape index (κ2) is 17.7. The van der Waals surface area contributed by atoms with E-state index in [0.29, 0.717) is 59.9 Å². The molecule has 0 spiro atoms. The molecular weight excluding hydrogens is 695 g/mol. The predicted molar refractivity (Wildman–Crippen MR) is 214 cm³/mol. The average Bonchev–Trinajstić information content (AvgIpc) is 3.18. The molecule has 1 aliphatic rings. The van der Waals surface area contributed by atoms with E-state index in [4.69, 9.17) is 18.9 Å². The number of amides is 2. The second-order valence-corrected chi connectivity index (χ2v) is 15.3. The second-order valence-electron chi connectivity index (χ2n) is 15.3. The number of pyridine rings is 1. The summed E-state index contributed by atoms with van der Waals surface area (Å²) in [4.78, 5) is 43.0. The molecule has 1 fully saturated rings. The van der Waals surface area contributed by atoms with Gasteiger partial charge in [0.1, 0.15) is 17.1 Å². The van der Waals surface area contributed by atoms with Crippen molar-refractivity contribution in [2.45, 2.75) is 70.9 Å². The van der Waals surface area contributed by atoms with Gasteiger partial charge in [0.25, 0.3) is 0 Å². The van der Waals surface area contributed by atoms with Crippen molar-refractivity contribution in [2.24, 2.45) is 11.8 Å². The fourth-order valence-corrected chi connectivity index (χ4v) is 7.27. The van der Waals surface area contributed by atoms with Crippen molar-refractivity contribution < 1.29 is 33.3 Å². The fraction of sp³-hybridized carbons (Fsp3) is 0.378. The van der Waals surface area contributed by atoms with Gasteiger partial charge in [-0.2, -0.15) is 0 Å². The van der Waals surface area contributed by atoms with Crippen LogP contribution >= 0.6 is 0 Å². The maximum atomic E-state index is 13.8. The van der Waals surface area contributed by atoms with Gasteiger partial charge in [-0.05, 0) is 111 Å². The smallest absolute Gasteiger partial charge is 0.407 e. The van der Waals surface area contributed by atoms with Crippen LogP contribution in [0.2, 0.25) is 0 Å². The van der Waals surface area contributed by atoms with Crippen LogP contribution in [0.15, 0.2) is 91.1 Å². The summed E-state index contributed by atoms with van der Waals surface area (Å²) in [6.45, 7) is 6.42. The molecule has 1 aromatic heterocycles. The lowest BCUT2D eigenvalue weighted by Gasteiger charge is -2.30. The van der Waals surface area contributed by atoms with Gasteiger partial charge in [-0.3, -0.25) is 9.78 Å². The molecule has 5 aromatic rings. The van der Waals surface area contributed by atoms with E-state index in [1.807, 2.05) is 69.3 Å². The molecule has 0 unspecified atom stereocenters. The summed E-state index contributed by atoms with van der Waals surface area (Å²) < 4.78 is 22.5. The molecular formula is C45H51N3O7. The highest BCUT2D eigenvalue weighted by atomic mass is 16.6. The van der Waals surface area contributed by atoms with Crippen LogP contribution in [0.4, 0.5) is 4.79 Å². The van der Waals surface area contributed by atoms with Crippen LogP contribution in [0.5, 0.6) is 11.5 Å². The van der Waals surface area contributed by atoms with E-state index in [1.165, 1.54) is 12.5 Å². The summed E-state index contributed by atoms with van der Waals surface area (Å²) in [5, 5.41) is 9.29. The van der Waals surface area contributed by atoms with Crippen LogP contribution in [-0.2, 0) is 20.7 Å². The molecule has 0 saturated heterocycles. The first kappa shape index (κ1) is 39.1. The van der Waals surface area contributed by atoms with Crippen LogP contribution in [0, 0.1) is 11.8 Å². The lowest BCUT2D eigenvalue weighted by molar-refractivity contribution is -0.127. The number of hydrogen-bond donors (Lipinski definition) is 2. The molecule has 1 saturated carbocycles. The molecule has 6 rings (SSSR count). The first-order chi connectivity index (χ1) is 26.5. The number of nitrogens with one attached hydrogen (secondary N) is 2. The number of alkyl carbamates (subject to hydrolysis) is 1. The van der Waals surface area contributed by atoms with Gasteiger partial charge in [0.2, 0.25) is 5.91 Å². The van der Waals surface area contributed by atoms with E-state index in [-0.39, 0.29) is 17.9 Å². The summed E-state index contributed by atoms with van der Waals surface area (Å²) in [6, 6.07) is 27.6. The van der Waals surface area contributed by atoms with Crippen molar-refractivity contribution in [1.82, 2.24) is 15.6 Å². The number of fused-ring (bicyclic) bond motifs is 2. The van der Waals surface area contributed by atoms with Gasteiger partial charge in [-0.25, -0.2) is 9.59 Å². The Morgan fingerprint density at radius 1 is 0.873 bits per heavy atom. The Morgan fingerprint density at radius 2 is 1.65 bits per heavy atom. The zero-order valence-corrected chi connectivity index (χ0v) is 32.4. The first-order valence-electron chi connectivity index (χ1n) is 19.0. The maximum Gasteiger partial charge on any atom is 0.407 e. The zero-order chi connectivity index (χ0) is 39.0. The number of nitrogens with zero attached hydrogens (tertiary/aromatic N) is 1. The summed E-state index contributed by atoms with van der Waals surface area (Å²) in [6.07, 6.45) is 5.64. The van der Waals surface area contributed by atoms with Gasteiger partial charge in [0.15, 0.2) is 0 Å². The molecule has 0 radical (unpaired) electrons. The number of ether oxygens (including phenoxy) is 4. The van der Waals surface area contributed by atoms with E-state index >= 15 is 0 Å². The third-order valence-corrected chi connectivity index (χ3v) is 10.2. The Labute approximate surface area is 322 Å². The molecule has 1 aliphatic carbocycles. The van der Waals surface area contributed by atoms with E-state index in [1.54, 1.807) is 19.4 Å². The zero-order valence-electron chi connectivity index (χ0n) is 32.4. The molecule has 2 amide bonds. The average molecular weight is 746 g/mol. The topological polar surface area (TPSA) is 125 Å². The van der Waals surface area contributed by atoms with Crippen LogP contribution in [0.1, 0.15) is 68.8 Å². The predicted octanol–water partition coefficient (Wildman–Crippen LogP) is 8.68. The van der Waals surface area contributed by atoms with Crippen LogP contribution in [-0.4, -0.2) is 62.0 Å². The first-order valence-corrected chi connectivity index (χ1v) is 19.0. The normalized spacial score (nSPS) is 16.2. The monoisotopic (exact) mass is 745 g/mol. The number of hydrogen-bond acceptors (Lipinski definition) is 8. The third-order valence-electron chi connectivity index (χ3n) is 10.2. The number of carbonyl (C=O) groups is 3. The van der Waals surface area contributed by atoms with Crippen molar-refractivity contribution in [3.63, 3.8) is 0 Å². The molecule has 10 heteroatoms. The van der Waals surface area contributed by atoms with E-state index in [2.05, 4.69) is 45.9 Å². The van der Waals surface area contributed by atoms with Crippen molar-refractivity contribution in [3.8, 4) is 22.6 Å². The van der Waals surface area contributed by atoms with Gasteiger partial charge in [-0.1, -0.05) is 48.5 Å². The molecule has 10 nitrogen and oxygen atoms in total. The lowest BCUT2D eigenvalue weighted by Crippen LogP contribution is -2.42. The Bertz CT molecular complexity index is 2140. The van der Waals surface area contributed by atoms with Gasteiger partial charge >= 0.3 is 12.1 Å². The lowest BCUT2D eigenvalue weighted by atomic mass is 9.81. The highest BCUT2D eigenvalue weighted by molar-refractivity contribution is 6.04. The van der Waals surface area contributed by atoms with Crippen LogP contribution in [0.3, 0.4) is 0 Å². The standard InChI is InChI=1S/C45H51N3O7/c1-45(2,3)55-44(51)47-28-29-10-14-32(15-11-29)42(49)48-35(25-30-12-13-31-8-6-7-9-33(31)24-30)21-23-54-41-27-36(52-4)17-18-37(41)34-16-19-40-39(26-34)38(20-22-46-40)43(50)53-5/h6-9,12-13,16-20,22,24,26-27,29,32,35H,10-11,14-15,21,23,25,28H2,1-5H3,(H,47,51)(H,48,49)/t29?,32?,35-/m0/s1. The van der Waals surface area contributed by atoms with Gasteiger partial charge in [0.05, 0.1) is 31.9 Å². The summed E-state index contributed by atoms with van der Waals surface area (Å²) in [5.74, 6) is 1.10. The Hall–Kier alpha value is -5.64. The summed E-state index contributed by atoms with van der Waals surface area (Å²) in [5.41, 5.74) is 3.38. The number of rotatable bonds is 13. The SMILES string of the molecule is COC(=O)c1ccnc2ccc(-c3ccc(OC)cc3OCC[C@@H](Cc3ccc4ccccc4c3)NC(=O)C3CCC(CNC(=O)OC(C)(C)C)CC3)cc12. The number of aromatic nitrogens is 1. The number of benzene rings is 4. The Balaban J connectivity index is 1.16. The minimum absolute atomic E-state index is 0.0533. The minimum atomic E-state index is -0.545. The minimum Gasteiger partial charge on any atom is -0.497 e.